The predicted octanol–water partition coefficient (Wildman–Crippen LogP) is 4.56. The van der Waals surface area contributed by atoms with Gasteiger partial charge in [0.05, 0.1) is 18.9 Å². The van der Waals surface area contributed by atoms with Gasteiger partial charge < -0.3 is 4.74 Å². The van der Waals surface area contributed by atoms with Crippen molar-refractivity contribution >= 4 is 34.2 Å². The second-order valence-corrected chi connectivity index (χ2v) is 7.99. The van der Waals surface area contributed by atoms with Crippen LogP contribution >= 0.6 is 22.6 Å². The molecule has 0 aromatic heterocycles. The average Bonchev–Trinajstić information content (AvgIpc) is 3.07. The highest BCUT2D eigenvalue weighted by Gasteiger charge is 2.43. The molecule has 4 nitrogen and oxygen atoms in total. The van der Waals surface area contributed by atoms with E-state index in [1.165, 1.54) is 9.13 Å². The molecule has 26 heavy (non-hydrogen) atoms. The van der Waals surface area contributed by atoms with Gasteiger partial charge in [0.15, 0.2) is 0 Å². The number of fused-ring (bicyclic) bond motifs is 3. The number of hydrazone groups is 1. The summed E-state index contributed by atoms with van der Waals surface area (Å²) in [6.45, 7) is 1.90. The van der Waals surface area contributed by atoms with Gasteiger partial charge in [-0.2, -0.15) is 5.10 Å². The Hall–Kier alpha value is -1.89. The summed E-state index contributed by atoms with van der Waals surface area (Å²) < 4.78 is 6.59. The van der Waals surface area contributed by atoms with Gasteiger partial charge in [-0.3, -0.25) is 4.79 Å². The van der Waals surface area contributed by atoms with Gasteiger partial charge in [-0.25, -0.2) is 5.01 Å². The molecule has 0 N–H and O–H groups in total. The summed E-state index contributed by atoms with van der Waals surface area (Å²) in [7, 11) is 1.68. The van der Waals surface area contributed by atoms with Crippen LogP contribution in [0, 0.1) is 9.49 Å². The fourth-order valence-electron chi connectivity index (χ4n) is 4.01. The van der Waals surface area contributed by atoms with Crippen LogP contribution in [0.15, 0.2) is 47.6 Å². The maximum Gasteiger partial charge on any atom is 0.242 e. The lowest BCUT2D eigenvalue weighted by atomic mass is 9.77. The number of hydrogen-bond donors (Lipinski definition) is 0. The molecule has 0 fully saturated rings. The molecule has 2 aromatic carbocycles. The molecular weight excluding hydrogens is 439 g/mol. The zero-order chi connectivity index (χ0) is 18.3. The number of rotatable bonds is 3. The number of ether oxygens (including phenoxy) is 1. The van der Waals surface area contributed by atoms with E-state index >= 15 is 0 Å². The van der Waals surface area contributed by atoms with Crippen molar-refractivity contribution in [3.63, 3.8) is 0 Å². The third-order valence-electron chi connectivity index (χ3n) is 5.28. The quantitative estimate of drug-likeness (QED) is 0.631. The molecule has 0 saturated carbocycles. The lowest BCUT2D eigenvalue weighted by Crippen LogP contribution is -2.31. The van der Waals surface area contributed by atoms with E-state index in [9.17, 15) is 4.79 Å². The van der Waals surface area contributed by atoms with Crippen molar-refractivity contribution in [2.24, 2.45) is 11.0 Å². The van der Waals surface area contributed by atoms with Crippen molar-refractivity contribution in [1.82, 2.24) is 5.01 Å². The number of carbonyl (C=O) groups excluding carboxylic acids is 1. The molecule has 2 aliphatic rings. The molecule has 1 aliphatic carbocycles. The molecule has 2 atom stereocenters. The van der Waals surface area contributed by atoms with E-state index in [0.717, 1.165) is 35.4 Å². The summed E-state index contributed by atoms with van der Waals surface area (Å²) in [6, 6.07) is 14.6. The van der Waals surface area contributed by atoms with Crippen LogP contribution in [0.25, 0.3) is 0 Å². The Kier molecular flexibility index (Phi) is 4.73. The number of benzene rings is 2. The highest BCUT2D eigenvalue weighted by atomic mass is 127. The molecule has 1 aliphatic heterocycles. The summed E-state index contributed by atoms with van der Waals surface area (Å²) in [5.41, 5.74) is 4.60. The lowest BCUT2D eigenvalue weighted by Gasteiger charge is -2.29. The first-order valence-corrected chi connectivity index (χ1v) is 10.0. The normalized spacial score (nSPS) is 21.0. The first kappa shape index (κ1) is 17.5. The van der Waals surface area contributed by atoms with Crippen LogP contribution < -0.4 is 4.74 Å². The summed E-state index contributed by atoms with van der Waals surface area (Å²) in [4.78, 5) is 12.7. The summed E-state index contributed by atoms with van der Waals surface area (Å²) in [5.74, 6) is 1.13. The number of aryl methyl sites for hydroxylation is 1. The fourth-order valence-corrected chi connectivity index (χ4v) is 4.57. The molecule has 0 spiro atoms. The van der Waals surface area contributed by atoms with E-state index in [4.69, 9.17) is 9.84 Å². The summed E-state index contributed by atoms with van der Waals surface area (Å²) in [6.07, 6.45) is 2.45. The van der Waals surface area contributed by atoms with Gasteiger partial charge >= 0.3 is 0 Å². The lowest BCUT2D eigenvalue weighted by molar-refractivity contribution is -0.133. The Morgan fingerprint density at radius 3 is 2.88 bits per heavy atom. The SMILES string of the molecule is CCC(=O)N1N=C2c3cc(OC)ccc3CC[C@H]2[C@H]1c1cccc(I)c1. The minimum atomic E-state index is -0.0217. The van der Waals surface area contributed by atoms with Crippen LogP contribution in [-0.2, 0) is 11.2 Å². The van der Waals surface area contributed by atoms with Gasteiger partial charge in [-0.05, 0) is 70.8 Å². The minimum Gasteiger partial charge on any atom is -0.497 e. The maximum absolute atomic E-state index is 12.7. The fraction of sp³-hybridized carbons (Fsp3) is 0.333. The van der Waals surface area contributed by atoms with Gasteiger partial charge in [-0.15, -0.1) is 0 Å². The molecule has 0 saturated heterocycles. The number of methoxy groups -OCH3 is 1. The van der Waals surface area contributed by atoms with E-state index in [1.54, 1.807) is 12.1 Å². The van der Waals surface area contributed by atoms with E-state index in [2.05, 4.69) is 59.0 Å². The highest BCUT2D eigenvalue weighted by molar-refractivity contribution is 14.1. The Morgan fingerprint density at radius 2 is 2.15 bits per heavy atom. The first-order chi connectivity index (χ1) is 12.6. The summed E-state index contributed by atoms with van der Waals surface area (Å²) in [5, 5.41) is 6.55. The van der Waals surface area contributed by atoms with Crippen molar-refractivity contribution in [1.29, 1.82) is 0 Å². The van der Waals surface area contributed by atoms with Crippen LogP contribution in [0.3, 0.4) is 0 Å². The zero-order valence-electron chi connectivity index (χ0n) is 14.9. The second kappa shape index (κ2) is 7.02. The highest BCUT2D eigenvalue weighted by Crippen LogP contribution is 2.44. The monoisotopic (exact) mass is 460 g/mol. The topological polar surface area (TPSA) is 41.9 Å². The Bertz CT molecular complexity index is 893. The van der Waals surface area contributed by atoms with E-state index in [-0.39, 0.29) is 17.9 Å². The predicted molar refractivity (Wildman–Crippen MR) is 110 cm³/mol. The van der Waals surface area contributed by atoms with Gasteiger partial charge in [0, 0.05) is 21.5 Å². The van der Waals surface area contributed by atoms with E-state index < -0.39 is 0 Å². The van der Waals surface area contributed by atoms with Crippen LogP contribution in [0.4, 0.5) is 0 Å². The van der Waals surface area contributed by atoms with Crippen LogP contribution in [0.1, 0.15) is 42.5 Å². The Balaban J connectivity index is 1.82. The van der Waals surface area contributed by atoms with Gasteiger partial charge in [0.1, 0.15) is 5.75 Å². The summed E-state index contributed by atoms with van der Waals surface area (Å²) >= 11 is 2.33. The van der Waals surface area contributed by atoms with Gasteiger partial charge in [0.25, 0.3) is 0 Å². The molecule has 2 aromatic rings. The molecule has 1 amide bonds. The maximum atomic E-state index is 12.7. The zero-order valence-corrected chi connectivity index (χ0v) is 17.1. The van der Waals surface area contributed by atoms with Crippen LogP contribution in [-0.4, -0.2) is 23.7 Å². The molecule has 0 bridgehead atoms. The third kappa shape index (κ3) is 2.92. The molecule has 0 radical (unpaired) electrons. The number of carbonyl (C=O) groups is 1. The van der Waals surface area contributed by atoms with Crippen LogP contribution in [0.2, 0.25) is 0 Å². The average molecular weight is 460 g/mol. The molecule has 5 heteroatoms. The molecule has 134 valence electrons. The number of amides is 1. The van der Waals surface area contributed by atoms with Crippen molar-refractivity contribution in [2.75, 3.05) is 7.11 Å². The van der Waals surface area contributed by atoms with Crippen LogP contribution in [0.5, 0.6) is 5.75 Å². The molecule has 4 rings (SSSR count). The first-order valence-electron chi connectivity index (χ1n) is 8.95. The molecule has 0 unspecified atom stereocenters. The van der Waals surface area contributed by atoms with E-state index in [1.807, 2.05) is 13.0 Å². The Morgan fingerprint density at radius 1 is 1.31 bits per heavy atom. The number of halogens is 1. The van der Waals surface area contributed by atoms with Crippen molar-refractivity contribution in [2.45, 2.75) is 32.2 Å². The van der Waals surface area contributed by atoms with E-state index in [0.29, 0.717) is 6.42 Å². The smallest absolute Gasteiger partial charge is 0.242 e. The molecule has 1 heterocycles. The largest absolute Gasteiger partial charge is 0.497 e. The molecular formula is C21H21IN2O2. The minimum absolute atomic E-state index is 0.0217. The Labute approximate surface area is 167 Å². The van der Waals surface area contributed by atoms with Gasteiger partial charge in [0.2, 0.25) is 5.91 Å². The van der Waals surface area contributed by atoms with Crippen molar-refractivity contribution in [3.8, 4) is 5.75 Å². The second-order valence-electron chi connectivity index (χ2n) is 6.75. The van der Waals surface area contributed by atoms with Crippen molar-refractivity contribution < 1.29 is 9.53 Å². The third-order valence-corrected chi connectivity index (χ3v) is 5.95. The number of nitrogens with zero attached hydrogens (tertiary/aromatic N) is 2. The van der Waals surface area contributed by atoms with Gasteiger partial charge in [-0.1, -0.05) is 25.1 Å². The van der Waals surface area contributed by atoms with Crippen molar-refractivity contribution in [3.05, 3.63) is 62.7 Å². The number of hydrogen-bond acceptors (Lipinski definition) is 3. The standard InChI is InChI=1S/C21H21IN2O2/c1-3-19(25)24-21(14-5-4-6-15(22)11-14)17-10-8-13-7-9-16(26-2)12-18(13)20(17)23-24/h4-7,9,11-12,17,21H,3,8,10H2,1-2H3/t17-,21-/m1/s1.